The van der Waals surface area contributed by atoms with Crippen LogP contribution >= 0.6 is 0 Å². The maximum Gasteiger partial charge on any atom is 0.435 e. The predicted octanol–water partition coefficient (Wildman–Crippen LogP) is 5.50. The highest BCUT2D eigenvalue weighted by Gasteiger charge is 2.45. The number of amides is 1. The number of hydrogen-bond acceptors (Lipinski definition) is 5. The van der Waals surface area contributed by atoms with Gasteiger partial charge in [-0.1, -0.05) is 34.6 Å². The smallest absolute Gasteiger partial charge is 0.382 e. The van der Waals surface area contributed by atoms with E-state index in [4.69, 9.17) is 5.73 Å². The molecular formula is C28H38F3N5O2. The van der Waals surface area contributed by atoms with Crippen LogP contribution in [0.15, 0.2) is 18.2 Å². The van der Waals surface area contributed by atoms with E-state index in [0.29, 0.717) is 17.4 Å². The number of anilines is 1. The Bertz CT molecular complexity index is 1220. The lowest BCUT2D eigenvalue weighted by Gasteiger charge is -2.32. The van der Waals surface area contributed by atoms with Gasteiger partial charge in [-0.3, -0.25) is 9.59 Å². The van der Waals surface area contributed by atoms with Gasteiger partial charge >= 0.3 is 6.18 Å². The van der Waals surface area contributed by atoms with E-state index >= 15 is 0 Å². The molecule has 1 aromatic heterocycles. The molecule has 2 aliphatic rings. The quantitative estimate of drug-likeness (QED) is 0.455. The Kier molecular flexibility index (Phi) is 7.42. The van der Waals surface area contributed by atoms with Gasteiger partial charge in [0, 0.05) is 30.7 Å². The van der Waals surface area contributed by atoms with Gasteiger partial charge in [0.05, 0.1) is 22.5 Å². The van der Waals surface area contributed by atoms with Gasteiger partial charge in [0.2, 0.25) is 0 Å². The zero-order chi connectivity index (χ0) is 28.0. The van der Waals surface area contributed by atoms with Crippen molar-refractivity contribution in [1.82, 2.24) is 15.1 Å². The van der Waals surface area contributed by atoms with Gasteiger partial charge in [0.1, 0.15) is 0 Å². The SMILES string of the molecule is CC(C)(C)CNC1CCC(Nc2cc(-n3nc(C(F)(F)F)c4c3CC(C)(C)CC4=O)ccc2C(N)=O)CC1. The Morgan fingerprint density at radius 1 is 1.11 bits per heavy atom. The summed E-state index contributed by atoms with van der Waals surface area (Å²) >= 11 is 0. The van der Waals surface area contributed by atoms with Crippen LogP contribution in [-0.4, -0.2) is 40.1 Å². The second-order valence-electron chi connectivity index (χ2n) is 12.7. The van der Waals surface area contributed by atoms with Gasteiger partial charge in [-0.15, -0.1) is 0 Å². The number of Topliss-reactive ketones (excluding diaryl/α,β-unsaturated/α-hetero) is 1. The number of benzene rings is 1. The number of ketones is 1. The monoisotopic (exact) mass is 533 g/mol. The molecule has 2 aromatic rings. The van der Waals surface area contributed by atoms with Crippen molar-refractivity contribution in [2.45, 2.75) is 91.4 Å². The summed E-state index contributed by atoms with van der Waals surface area (Å²) in [5, 5.41) is 10.9. The fourth-order valence-electron chi connectivity index (χ4n) is 5.47. The minimum atomic E-state index is -4.76. The molecule has 0 radical (unpaired) electrons. The van der Waals surface area contributed by atoms with E-state index in [9.17, 15) is 22.8 Å². The van der Waals surface area contributed by atoms with Gasteiger partial charge in [0.25, 0.3) is 5.91 Å². The van der Waals surface area contributed by atoms with Crippen LogP contribution in [0.3, 0.4) is 0 Å². The Morgan fingerprint density at radius 3 is 2.32 bits per heavy atom. The van der Waals surface area contributed by atoms with Crippen LogP contribution < -0.4 is 16.4 Å². The van der Waals surface area contributed by atoms with Crippen molar-refractivity contribution in [3.05, 3.63) is 40.7 Å². The van der Waals surface area contributed by atoms with E-state index in [-0.39, 0.29) is 41.1 Å². The number of hydrogen-bond donors (Lipinski definition) is 3. The fraction of sp³-hybridized carbons (Fsp3) is 0.607. The number of halogens is 3. The molecule has 0 unspecified atom stereocenters. The van der Waals surface area contributed by atoms with Crippen LogP contribution in [0.5, 0.6) is 0 Å². The van der Waals surface area contributed by atoms with E-state index in [1.54, 1.807) is 6.07 Å². The molecule has 0 spiro atoms. The summed E-state index contributed by atoms with van der Waals surface area (Å²) < 4.78 is 42.8. The van der Waals surface area contributed by atoms with Crippen LogP contribution in [0.4, 0.5) is 18.9 Å². The number of fused-ring (bicyclic) bond motifs is 1. The first-order chi connectivity index (χ1) is 17.5. The highest BCUT2D eigenvalue weighted by atomic mass is 19.4. The molecule has 208 valence electrons. The van der Waals surface area contributed by atoms with Gasteiger partial charge < -0.3 is 16.4 Å². The molecular weight excluding hydrogens is 495 g/mol. The van der Waals surface area contributed by atoms with Crippen LogP contribution in [-0.2, 0) is 12.6 Å². The summed E-state index contributed by atoms with van der Waals surface area (Å²) in [5.74, 6) is -1.19. The van der Waals surface area contributed by atoms with Crippen molar-refractivity contribution in [2.24, 2.45) is 16.6 Å². The minimum Gasteiger partial charge on any atom is -0.382 e. The maximum atomic E-state index is 13.9. The van der Waals surface area contributed by atoms with E-state index in [1.165, 1.54) is 16.8 Å². The number of alkyl halides is 3. The van der Waals surface area contributed by atoms with Crippen LogP contribution in [0.2, 0.25) is 0 Å². The number of nitrogens with two attached hydrogens (primary N) is 1. The predicted molar refractivity (Wildman–Crippen MR) is 141 cm³/mol. The molecule has 1 aromatic carbocycles. The second-order valence-corrected chi connectivity index (χ2v) is 12.7. The molecule has 1 fully saturated rings. The molecule has 2 aliphatic carbocycles. The highest BCUT2D eigenvalue weighted by Crippen LogP contribution is 2.42. The lowest BCUT2D eigenvalue weighted by Crippen LogP contribution is -2.40. The van der Waals surface area contributed by atoms with Crippen molar-refractivity contribution in [3.63, 3.8) is 0 Å². The van der Waals surface area contributed by atoms with E-state index in [0.717, 1.165) is 32.2 Å². The summed E-state index contributed by atoms with van der Waals surface area (Å²) in [5.41, 5.74) is 5.11. The molecule has 38 heavy (non-hydrogen) atoms. The Labute approximate surface area is 221 Å². The van der Waals surface area contributed by atoms with E-state index in [2.05, 4.69) is 36.5 Å². The van der Waals surface area contributed by atoms with Crippen molar-refractivity contribution >= 4 is 17.4 Å². The second kappa shape index (κ2) is 10.0. The molecule has 7 nitrogen and oxygen atoms in total. The van der Waals surface area contributed by atoms with Crippen LogP contribution in [0, 0.1) is 10.8 Å². The van der Waals surface area contributed by atoms with E-state index < -0.39 is 29.0 Å². The number of nitrogens with zero attached hydrogens (tertiary/aromatic N) is 2. The Morgan fingerprint density at radius 2 is 1.74 bits per heavy atom. The molecule has 1 amide bonds. The lowest BCUT2D eigenvalue weighted by atomic mass is 9.75. The van der Waals surface area contributed by atoms with E-state index in [1.807, 2.05) is 13.8 Å². The summed E-state index contributed by atoms with van der Waals surface area (Å²) in [6, 6.07) is 5.16. The molecule has 4 N–H and O–H groups in total. The fourth-order valence-corrected chi connectivity index (χ4v) is 5.47. The van der Waals surface area contributed by atoms with Crippen molar-refractivity contribution in [3.8, 4) is 5.69 Å². The zero-order valence-electron chi connectivity index (χ0n) is 22.8. The highest BCUT2D eigenvalue weighted by molar-refractivity contribution is 6.00. The number of aromatic nitrogens is 2. The summed E-state index contributed by atoms with van der Waals surface area (Å²) in [6.45, 7) is 11.2. The first kappa shape index (κ1) is 28.1. The summed E-state index contributed by atoms with van der Waals surface area (Å²) in [7, 11) is 0. The van der Waals surface area contributed by atoms with Crippen molar-refractivity contribution < 1.29 is 22.8 Å². The average molecular weight is 534 g/mol. The standard InChI is InChI=1S/C28H38F3N5O2/c1-26(2,3)15-33-16-6-8-17(9-7-16)34-20-12-18(10-11-19(20)25(32)38)36-21-13-27(4,5)14-22(37)23(21)24(35-36)28(29,30)31/h10-12,16-17,33-34H,6-9,13-15H2,1-5H3,(H2,32,38). The minimum absolute atomic E-state index is 0.0233. The number of primary amides is 1. The third-order valence-corrected chi connectivity index (χ3v) is 7.33. The Balaban J connectivity index is 1.64. The lowest BCUT2D eigenvalue weighted by molar-refractivity contribution is -0.141. The molecule has 0 aliphatic heterocycles. The first-order valence-corrected chi connectivity index (χ1v) is 13.2. The third kappa shape index (κ3) is 6.22. The number of nitrogens with one attached hydrogen (secondary N) is 2. The largest absolute Gasteiger partial charge is 0.435 e. The average Bonchev–Trinajstić information content (AvgIpc) is 3.17. The molecule has 1 heterocycles. The van der Waals surface area contributed by atoms with Gasteiger partial charge in [-0.2, -0.15) is 18.3 Å². The van der Waals surface area contributed by atoms with Crippen molar-refractivity contribution in [1.29, 1.82) is 0 Å². The number of carbonyl (C=O) groups is 2. The topological polar surface area (TPSA) is 102 Å². The number of carbonyl (C=O) groups excluding carboxylic acids is 2. The number of rotatable bonds is 6. The zero-order valence-corrected chi connectivity index (χ0v) is 22.8. The molecule has 0 atom stereocenters. The van der Waals surface area contributed by atoms with Crippen molar-refractivity contribution in [2.75, 3.05) is 11.9 Å². The first-order valence-electron chi connectivity index (χ1n) is 13.2. The molecule has 0 saturated heterocycles. The van der Waals surface area contributed by atoms with Gasteiger partial charge in [-0.25, -0.2) is 4.68 Å². The van der Waals surface area contributed by atoms with Gasteiger partial charge in [0.15, 0.2) is 11.5 Å². The maximum absolute atomic E-state index is 13.9. The molecule has 0 bridgehead atoms. The molecule has 10 heteroatoms. The van der Waals surface area contributed by atoms with Gasteiger partial charge in [-0.05, 0) is 61.1 Å². The summed E-state index contributed by atoms with van der Waals surface area (Å²) in [6.07, 6.45) is -0.778. The Hall–Kier alpha value is -2.88. The summed E-state index contributed by atoms with van der Waals surface area (Å²) in [4.78, 5) is 25.0. The normalized spacial score (nSPS) is 21.7. The van der Waals surface area contributed by atoms with Crippen LogP contribution in [0.25, 0.3) is 5.69 Å². The van der Waals surface area contributed by atoms with Crippen LogP contribution in [0.1, 0.15) is 98.8 Å². The third-order valence-electron chi connectivity index (χ3n) is 7.33. The molecule has 4 rings (SSSR count). The molecule has 1 saturated carbocycles.